The van der Waals surface area contributed by atoms with Crippen LogP contribution in [0, 0.1) is 17.8 Å². The van der Waals surface area contributed by atoms with Gasteiger partial charge in [-0.1, -0.05) is 20.8 Å². The number of hydrogen-bond acceptors (Lipinski definition) is 4. The average Bonchev–Trinajstić information content (AvgIpc) is 2.68. The Morgan fingerprint density at radius 1 is 1.19 bits per heavy atom. The minimum absolute atomic E-state index is 0.00665. The van der Waals surface area contributed by atoms with Crippen LogP contribution in [-0.4, -0.2) is 40.0 Å². The molecule has 1 amide bonds. The van der Waals surface area contributed by atoms with Crippen LogP contribution in [0.15, 0.2) is 12.4 Å². The molecule has 1 saturated heterocycles. The highest BCUT2D eigenvalue weighted by Gasteiger charge is 2.33. The normalized spacial score (nSPS) is 26.8. The van der Waals surface area contributed by atoms with E-state index in [4.69, 9.17) is 4.74 Å². The predicted octanol–water partition coefficient (Wildman–Crippen LogP) is 3.87. The maximum absolute atomic E-state index is 13.0. The lowest BCUT2D eigenvalue weighted by Gasteiger charge is -2.37. The van der Waals surface area contributed by atoms with Gasteiger partial charge in [-0.05, 0) is 62.3 Å². The van der Waals surface area contributed by atoms with Gasteiger partial charge in [-0.15, -0.1) is 0 Å². The molecule has 0 bridgehead atoms. The molecule has 1 aromatic rings. The summed E-state index contributed by atoms with van der Waals surface area (Å²) in [7, 11) is 0. The second kappa shape index (κ2) is 8.83. The lowest BCUT2D eigenvalue weighted by atomic mass is 9.76. The Morgan fingerprint density at radius 2 is 1.88 bits per heavy atom. The zero-order valence-corrected chi connectivity index (χ0v) is 16.5. The molecule has 1 saturated carbocycles. The molecular formula is C21H33N3O2. The number of ether oxygens (including phenoxy) is 1. The molecule has 1 unspecified atom stereocenters. The number of piperidine rings is 1. The van der Waals surface area contributed by atoms with E-state index in [1.54, 1.807) is 0 Å². The monoisotopic (exact) mass is 359 g/mol. The summed E-state index contributed by atoms with van der Waals surface area (Å²) in [5.41, 5.74) is 1.11. The van der Waals surface area contributed by atoms with Crippen molar-refractivity contribution in [1.82, 2.24) is 14.9 Å². The second-order valence-electron chi connectivity index (χ2n) is 8.25. The number of amides is 1. The summed E-state index contributed by atoms with van der Waals surface area (Å²) in [6.45, 7) is 8.21. The van der Waals surface area contributed by atoms with E-state index in [-0.39, 0.29) is 12.0 Å². The van der Waals surface area contributed by atoms with Crippen LogP contribution in [-0.2, 0) is 11.2 Å². The van der Waals surface area contributed by atoms with Gasteiger partial charge in [-0.2, -0.15) is 0 Å². The van der Waals surface area contributed by atoms with Crippen molar-refractivity contribution in [1.29, 1.82) is 0 Å². The fraction of sp³-hybridized carbons (Fsp3) is 0.762. The van der Waals surface area contributed by atoms with E-state index in [9.17, 15) is 4.79 Å². The number of aromatic nitrogens is 2. The highest BCUT2D eigenvalue weighted by molar-refractivity contribution is 5.79. The molecule has 1 aromatic heterocycles. The zero-order chi connectivity index (χ0) is 18.5. The number of aryl methyl sites for hydroxylation is 1. The van der Waals surface area contributed by atoms with Gasteiger partial charge in [-0.3, -0.25) is 4.79 Å². The van der Waals surface area contributed by atoms with E-state index in [2.05, 4.69) is 30.7 Å². The fourth-order valence-electron chi connectivity index (χ4n) is 4.26. The second-order valence-corrected chi connectivity index (χ2v) is 8.25. The van der Waals surface area contributed by atoms with Crippen molar-refractivity contribution in [3.8, 4) is 6.01 Å². The van der Waals surface area contributed by atoms with Crippen LogP contribution in [0.4, 0.5) is 0 Å². The molecule has 0 aromatic carbocycles. The molecule has 1 aliphatic heterocycles. The van der Waals surface area contributed by atoms with E-state index < -0.39 is 0 Å². The Balaban J connectivity index is 1.52. The van der Waals surface area contributed by atoms with Crippen molar-refractivity contribution in [2.75, 3.05) is 13.1 Å². The van der Waals surface area contributed by atoms with E-state index >= 15 is 0 Å². The minimum Gasteiger partial charge on any atom is -0.458 e. The summed E-state index contributed by atoms with van der Waals surface area (Å²) >= 11 is 0. The zero-order valence-electron chi connectivity index (χ0n) is 16.5. The summed E-state index contributed by atoms with van der Waals surface area (Å²) in [5.74, 6) is 2.07. The van der Waals surface area contributed by atoms with Crippen molar-refractivity contribution in [3.05, 3.63) is 18.0 Å². The predicted molar refractivity (Wildman–Crippen MR) is 102 cm³/mol. The molecule has 0 spiro atoms. The fourth-order valence-corrected chi connectivity index (χ4v) is 4.26. The van der Waals surface area contributed by atoms with Gasteiger partial charge in [0.2, 0.25) is 5.91 Å². The van der Waals surface area contributed by atoms with Crippen LogP contribution in [0.3, 0.4) is 0 Å². The van der Waals surface area contributed by atoms with Crippen molar-refractivity contribution < 1.29 is 9.53 Å². The molecule has 2 fully saturated rings. The van der Waals surface area contributed by atoms with E-state index in [1.165, 1.54) is 12.8 Å². The molecule has 5 nitrogen and oxygen atoms in total. The maximum Gasteiger partial charge on any atom is 0.316 e. The smallest absolute Gasteiger partial charge is 0.316 e. The SMILES string of the molecule is CCc1cnc(OC2CCCN(C(=O)C3CCC(C(C)C)CC3)C2)nc1. The first-order valence-electron chi connectivity index (χ1n) is 10.3. The van der Waals surface area contributed by atoms with Gasteiger partial charge in [0.15, 0.2) is 0 Å². The number of hydrogen-bond donors (Lipinski definition) is 0. The third-order valence-electron chi connectivity index (χ3n) is 6.12. The van der Waals surface area contributed by atoms with Gasteiger partial charge in [0.1, 0.15) is 6.10 Å². The number of carbonyl (C=O) groups is 1. The lowest BCUT2D eigenvalue weighted by molar-refractivity contribution is -0.139. The molecule has 5 heteroatoms. The third kappa shape index (κ3) is 4.74. The number of likely N-dealkylation sites (tertiary alicyclic amines) is 1. The van der Waals surface area contributed by atoms with Gasteiger partial charge < -0.3 is 9.64 Å². The molecule has 26 heavy (non-hydrogen) atoms. The average molecular weight is 360 g/mol. The molecule has 2 heterocycles. The Kier molecular flexibility index (Phi) is 6.49. The van der Waals surface area contributed by atoms with Crippen molar-refractivity contribution >= 4 is 5.91 Å². The summed E-state index contributed by atoms with van der Waals surface area (Å²) in [5, 5.41) is 0. The Labute approximate surface area is 157 Å². The van der Waals surface area contributed by atoms with Crippen LogP contribution < -0.4 is 4.74 Å². The first-order chi connectivity index (χ1) is 12.6. The summed E-state index contributed by atoms with van der Waals surface area (Å²) in [4.78, 5) is 23.6. The quantitative estimate of drug-likeness (QED) is 0.801. The number of rotatable bonds is 5. The molecular weight excluding hydrogens is 326 g/mol. The van der Waals surface area contributed by atoms with Gasteiger partial charge in [0, 0.05) is 24.9 Å². The van der Waals surface area contributed by atoms with Crippen molar-refractivity contribution in [2.45, 2.75) is 71.8 Å². The first-order valence-corrected chi connectivity index (χ1v) is 10.3. The van der Waals surface area contributed by atoms with Gasteiger partial charge in [0.25, 0.3) is 0 Å². The summed E-state index contributed by atoms with van der Waals surface area (Å²) in [6, 6.07) is 0.430. The van der Waals surface area contributed by atoms with E-state index in [0.717, 1.165) is 56.0 Å². The molecule has 0 N–H and O–H groups in total. The van der Waals surface area contributed by atoms with Crippen LogP contribution in [0.2, 0.25) is 0 Å². The van der Waals surface area contributed by atoms with E-state index in [1.807, 2.05) is 17.3 Å². The maximum atomic E-state index is 13.0. The highest BCUT2D eigenvalue weighted by atomic mass is 16.5. The molecule has 2 aliphatic rings. The Bertz CT molecular complexity index is 579. The molecule has 0 radical (unpaired) electrons. The third-order valence-corrected chi connectivity index (χ3v) is 6.12. The van der Waals surface area contributed by atoms with Crippen molar-refractivity contribution in [2.24, 2.45) is 17.8 Å². The standard InChI is InChI=1S/C21H33N3O2/c1-4-16-12-22-21(23-13-16)26-19-6-5-11-24(14-19)20(25)18-9-7-17(8-10-18)15(2)3/h12-13,15,17-19H,4-11,14H2,1-3H3. The molecule has 1 aliphatic carbocycles. The van der Waals surface area contributed by atoms with Crippen molar-refractivity contribution in [3.63, 3.8) is 0 Å². The van der Waals surface area contributed by atoms with E-state index in [0.29, 0.717) is 18.5 Å². The van der Waals surface area contributed by atoms with Crippen LogP contribution in [0.5, 0.6) is 6.01 Å². The molecule has 3 rings (SSSR count). The lowest BCUT2D eigenvalue weighted by Crippen LogP contribution is -2.47. The van der Waals surface area contributed by atoms with Gasteiger partial charge >= 0.3 is 6.01 Å². The van der Waals surface area contributed by atoms with Crippen LogP contribution in [0.25, 0.3) is 0 Å². The largest absolute Gasteiger partial charge is 0.458 e. The molecule has 1 atom stereocenters. The van der Waals surface area contributed by atoms with Gasteiger partial charge in [-0.25, -0.2) is 9.97 Å². The summed E-state index contributed by atoms with van der Waals surface area (Å²) in [6.07, 6.45) is 11.0. The number of nitrogens with zero attached hydrogens (tertiary/aromatic N) is 3. The van der Waals surface area contributed by atoms with Crippen LogP contribution in [0.1, 0.15) is 64.9 Å². The van der Waals surface area contributed by atoms with Crippen LogP contribution >= 0.6 is 0 Å². The molecule has 144 valence electrons. The Hall–Kier alpha value is -1.65. The summed E-state index contributed by atoms with van der Waals surface area (Å²) < 4.78 is 5.95. The van der Waals surface area contributed by atoms with Gasteiger partial charge in [0.05, 0.1) is 6.54 Å². The highest BCUT2D eigenvalue weighted by Crippen LogP contribution is 2.34. The topological polar surface area (TPSA) is 55.3 Å². The Morgan fingerprint density at radius 3 is 2.50 bits per heavy atom. The first kappa shape index (κ1) is 19.1. The minimum atomic E-state index is 0.00665. The number of carbonyl (C=O) groups excluding carboxylic acids is 1.